The Morgan fingerprint density at radius 1 is 0.796 bits per heavy atom. The molecule has 0 radical (unpaired) electrons. The van der Waals surface area contributed by atoms with Crippen molar-refractivity contribution < 1.29 is 53.3 Å². The van der Waals surface area contributed by atoms with Gasteiger partial charge in [0.15, 0.2) is 11.5 Å². The second kappa shape index (κ2) is 16.6. The van der Waals surface area contributed by atoms with E-state index < -0.39 is 42.7 Å². The summed E-state index contributed by atoms with van der Waals surface area (Å²) in [6, 6.07) is 17.9. The van der Waals surface area contributed by atoms with Crippen molar-refractivity contribution in [2.75, 3.05) is 26.4 Å². The number of halogens is 3. The predicted octanol–water partition coefficient (Wildman–Crippen LogP) is 4.05. The minimum atomic E-state index is -1.77. The van der Waals surface area contributed by atoms with Gasteiger partial charge in [-0.1, -0.05) is 35.9 Å². The van der Waals surface area contributed by atoms with Gasteiger partial charge >= 0.3 is 0 Å². The SMILES string of the molecule is Cc1c(COc2cc(OCc3ccc(F)cc3F)c(CNC[C@H](O)[C@@H](O)[C@H](O)[C@H](O)CO)cc2Cl)cccc1-c1ccc2c(c1)OCCO2. The van der Waals surface area contributed by atoms with Crippen molar-refractivity contribution in [3.8, 4) is 34.1 Å². The monoisotopic (exact) mass is 701 g/mol. The highest BCUT2D eigenvalue weighted by Crippen LogP contribution is 2.37. The topological polar surface area (TPSA) is 150 Å². The molecule has 49 heavy (non-hydrogen) atoms. The molecule has 262 valence electrons. The van der Waals surface area contributed by atoms with Gasteiger partial charge in [0.25, 0.3) is 0 Å². The maximum Gasteiger partial charge on any atom is 0.161 e. The largest absolute Gasteiger partial charge is 0.488 e. The molecule has 1 aliphatic heterocycles. The smallest absolute Gasteiger partial charge is 0.161 e. The van der Waals surface area contributed by atoms with E-state index in [-0.39, 0.29) is 48.4 Å². The summed E-state index contributed by atoms with van der Waals surface area (Å²) in [6.45, 7) is 1.90. The van der Waals surface area contributed by atoms with Crippen molar-refractivity contribution in [2.45, 2.75) is 51.1 Å². The Morgan fingerprint density at radius 3 is 2.27 bits per heavy atom. The molecule has 10 nitrogen and oxygen atoms in total. The maximum absolute atomic E-state index is 14.4. The number of rotatable bonds is 15. The Kier molecular flexibility index (Phi) is 12.3. The quantitative estimate of drug-likeness (QED) is 0.107. The van der Waals surface area contributed by atoms with Crippen LogP contribution in [0.5, 0.6) is 23.0 Å². The summed E-state index contributed by atoms with van der Waals surface area (Å²) >= 11 is 6.64. The number of aliphatic hydroxyl groups excluding tert-OH is 5. The molecule has 4 aromatic rings. The van der Waals surface area contributed by atoms with Gasteiger partial charge in [-0.3, -0.25) is 0 Å². The van der Waals surface area contributed by atoms with Crippen LogP contribution in [-0.4, -0.2) is 76.3 Å². The summed E-state index contributed by atoms with van der Waals surface area (Å²) in [7, 11) is 0. The molecule has 4 aromatic carbocycles. The third kappa shape index (κ3) is 8.97. The zero-order valence-corrected chi connectivity index (χ0v) is 27.4. The molecule has 13 heteroatoms. The molecule has 1 aliphatic rings. The van der Waals surface area contributed by atoms with Gasteiger partial charge in [0.2, 0.25) is 0 Å². The lowest BCUT2D eigenvalue weighted by molar-refractivity contribution is -0.114. The Hall–Kier alpha value is -4.01. The number of aliphatic hydroxyl groups is 5. The van der Waals surface area contributed by atoms with Crippen LogP contribution in [0.2, 0.25) is 5.02 Å². The molecule has 4 atom stereocenters. The fourth-order valence-electron chi connectivity index (χ4n) is 5.31. The van der Waals surface area contributed by atoms with Crippen LogP contribution in [0.15, 0.2) is 66.7 Å². The molecule has 0 aliphatic carbocycles. The number of hydrogen-bond donors (Lipinski definition) is 6. The zero-order valence-electron chi connectivity index (χ0n) is 26.6. The fourth-order valence-corrected chi connectivity index (χ4v) is 5.55. The summed E-state index contributed by atoms with van der Waals surface area (Å²) in [6.07, 6.45) is -6.67. The Bertz CT molecular complexity index is 1740. The summed E-state index contributed by atoms with van der Waals surface area (Å²) in [4.78, 5) is 0. The first kappa shape index (κ1) is 36.3. The predicted molar refractivity (Wildman–Crippen MR) is 177 cm³/mol. The lowest BCUT2D eigenvalue weighted by Crippen LogP contribution is -2.48. The lowest BCUT2D eigenvalue weighted by Gasteiger charge is -2.26. The standard InChI is InChI=1S/C36H38ClF2NO9/c1-20-22(3-2-4-26(20)21-6-8-31-34(12-21)47-10-9-46-31)18-49-33-14-32(48-19-23-5-7-25(38)13-28(23)39)24(11-27(33)37)15-40-16-29(42)35(44)36(45)30(43)17-41/h2-8,11-14,29-30,35-36,40-45H,9-10,15-19H2,1H3/t29-,30+,35+,36+/m0/s1. The van der Waals surface area contributed by atoms with E-state index in [0.29, 0.717) is 30.3 Å². The van der Waals surface area contributed by atoms with Gasteiger partial charge in [-0.2, -0.15) is 0 Å². The average molecular weight is 702 g/mol. The molecule has 0 unspecified atom stereocenters. The van der Waals surface area contributed by atoms with Gasteiger partial charge < -0.3 is 49.8 Å². The molecule has 0 amide bonds. The molecule has 0 saturated carbocycles. The van der Waals surface area contributed by atoms with Crippen molar-refractivity contribution >= 4 is 11.6 Å². The molecule has 0 bridgehead atoms. The first-order valence-corrected chi connectivity index (χ1v) is 16.0. The number of fused-ring (bicyclic) bond motifs is 1. The second-order valence-electron chi connectivity index (χ2n) is 11.6. The minimum absolute atomic E-state index is 0.0420. The molecule has 5 rings (SSSR count). The van der Waals surface area contributed by atoms with E-state index in [2.05, 4.69) is 5.32 Å². The van der Waals surface area contributed by atoms with Crippen molar-refractivity contribution in [1.29, 1.82) is 0 Å². The fraction of sp³-hybridized carbons (Fsp3) is 0.333. The number of ether oxygens (including phenoxy) is 4. The zero-order chi connectivity index (χ0) is 35.1. The van der Waals surface area contributed by atoms with Crippen LogP contribution in [0.4, 0.5) is 8.78 Å². The molecule has 0 saturated heterocycles. The van der Waals surface area contributed by atoms with E-state index >= 15 is 0 Å². The van der Waals surface area contributed by atoms with E-state index in [1.54, 1.807) is 12.1 Å². The highest BCUT2D eigenvalue weighted by molar-refractivity contribution is 6.32. The Labute approximate surface area is 287 Å². The second-order valence-corrected chi connectivity index (χ2v) is 12.0. The molecule has 0 fully saturated rings. The average Bonchev–Trinajstić information content (AvgIpc) is 3.10. The normalized spacial score (nSPS) is 15.0. The molecule has 0 aromatic heterocycles. The first-order valence-electron chi connectivity index (χ1n) is 15.6. The summed E-state index contributed by atoms with van der Waals surface area (Å²) in [5, 5.41) is 52.1. The molecular formula is C36H38ClF2NO9. The molecule has 1 heterocycles. The van der Waals surface area contributed by atoms with Gasteiger partial charge in [0, 0.05) is 36.3 Å². The van der Waals surface area contributed by atoms with Gasteiger partial charge in [0.05, 0.1) is 17.7 Å². The van der Waals surface area contributed by atoms with E-state index in [1.165, 1.54) is 6.07 Å². The number of nitrogens with one attached hydrogen (secondary N) is 1. The van der Waals surface area contributed by atoms with Crippen LogP contribution in [0.1, 0.15) is 22.3 Å². The lowest BCUT2D eigenvalue weighted by atomic mass is 9.96. The van der Waals surface area contributed by atoms with Gasteiger partial charge in [-0.05, 0) is 59.5 Å². The van der Waals surface area contributed by atoms with Crippen molar-refractivity contribution in [1.82, 2.24) is 5.32 Å². The van der Waals surface area contributed by atoms with Gasteiger partial charge in [0.1, 0.15) is 67.9 Å². The van der Waals surface area contributed by atoms with Crippen LogP contribution < -0.4 is 24.3 Å². The highest BCUT2D eigenvalue weighted by atomic mass is 35.5. The molecule has 6 N–H and O–H groups in total. The number of hydrogen-bond acceptors (Lipinski definition) is 10. The van der Waals surface area contributed by atoms with E-state index in [4.69, 9.17) is 35.7 Å². The van der Waals surface area contributed by atoms with Crippen molar-refractivity contribution in [3.05, 3.63) is 106 Å². The van der Waals surface area contributed by atoms with Crippen molar-refractivity contribution in [2.24, 2.45) is 0 Å². The summed E-state index contributed by atoms with van der Waals surface area (Å²) in [5.41, 5.74) is 4.41. The summed E-state index contributed by atoms with van der Waals surface area (Å²) < 4.78 is 51.4. The Balaban J connectivity index is 1.33. The van der Waals surface area contributed by atoms with E-state index in [9.17, 15) is 29.2 Å². The van der Waals surface area contributed by atoms with E-state index in [1.807, 2.05) is 43.3 Å². The summed E-state index contributed by atoms with van der Waals surface area (Å²) in [5.74, 6) is 0.413. The van der Waals surface area contributed by atoms with E-state index in [0.717, 1.165) is 34.4 Å². The van der Waals surface area contributed by atoms with Gasteiger partial charge in [-0.25, -0.2) is 8.78 Å². The van der Waals surface area contributed by atoms with Crippen LogP contribution >= 0.6 is 11.6 Å². The van der Waals surface area contributed by atoms with Gasteiger partial charge in [-0.15, -0.1) is 0 Å². The van der Waals surface area contributed by atoms with Crippen LogP contribution in [0, 0.1) is 18.6 Å². The van der Waals surface area contributed by atoms with Crippen molar-refractivity contribution in [3.63, 3.8) is 0 Å². The van der Waals surface area contributed by atoms with Crippen LogP contribution in [0.25, 0.3) is 11.1 Å². The third-order valence-corrected chi connectivity index (χ3v) is 8.49. The minimum Gasteiger partial charge on any atom is -0.488 e. The van der Waals surface area contributed by atoms with Crippen LogP contribution in [0.3, 0.4) is 0 Å². The first-order chi connectivity index (χ1) is 23.5. The molecule has 0 spiro atoms. The van der Waals surface area contributed by atoms with Crippen LogP contribution in [-0.2, 0) is 19.8 Å². The highest BCUT2D eigenvalue weighted by Gasteiger charge is 2.30. The third-order valence-electron chi connectivity index (χ3n) is 8.19. The Morgan fingerprint density at radius 2 is 1.51 bits per heavy atom. The number of benzene rings is 4. The molecular weight excluding hydrogens is 664 g/mol. The maximum atomic E-state index is 14.4.